The molecule has 2 N–H and O–H groups in total. The number of hydrogen-bond acceptors (Lipinski definition) is 4. The van der Waals surface area contributed by atoms with Crippen molar-refractivity contribution in [2.75, 3.05) is 11.5 Å². The van der Waals surface area contributed by atoms with Crippen LogP contribution in [0.25, 0.3) is 0 Å². The van der Waals surface area contributed by atoms with E-state index in [-0.39, 0.29) is 0 Å². The number of amides is 1. The highest BCUT2D eigenvalue weighted by atomic mass is 32.2. The Morgan fingerprint density at radius 1 is 1.29 bits per heavy atom. The summed E-state index contributed by atoms with van der Waals surface area (Å²) in [5.41, 5.74) is -0.628. The second-order valence-electron chi connectivity index (χ2n) is 6.29. The number of carboxylic acids is 1. The maximum Gasteiger partial charge on any atom is 0.408 e. The maximum atomic E-state index is 11.6. The summed E-state index contributed by atoms with van der Waals surface area (Å²) < 4.78 is 5.07. The Labute approximate surface area is 132 Å². The zero-order valence-corrected chi connectivity index (χ0v) is 14.6. The van der Waals surface area contributed by atoms with Gasteiger partial charge in [-0.25, -0.2) is 9.59 Å². The van der Waals surface area contributed by atoms with Crippen molar-refractivity contribution in [3.05, 3.63) is 0 Å². The van der Waals surface area contributed by atoms with Gasteiger partial charge in [-0.05, 0) is 44.6 Å². The summed E-state index contributed by atoms with van der Waals surface area (Å²) in [5.74, 6) is 1.35. The molecule has 0 aromatic rings. The van der Waals surface area contributed by atoms with E-state index in [0.29, 0.717) is 18.1 Å². The first-order valence-corrected chi connectivity index (χ1v) is 8.61. The number of hydrogen-bond donors (Lipinski definition) is 2. The summed E-state index contributed by atoms with van der Waals surface area (Å²) in [6.07, 6.45) is 2.07. The van der Waals surface area contributed by atoms with Gasteiger partial charge in [0, 0.05) is 0 Å². The van der Waals surface area contributed by atoms with Crippen LogP contribution in [0.5, 0.6) is 0 Å². The second-order valence-corrected chi connectivity index (χ2v) is 7.44. The van der Waals surface area contributed by atoms with Gasteiger partial charge in [-0.15, -0.1) is 0 Å². The van der Waals surface area contributed by atoms with Crippen LogP contribution >= 0.6 is 11.8 Å². The number of ether oxygens (including phenoxy) is 1. The smallest absolute Gasteiger partial charge is 0.408 e. The van der Waals surface area contributed by atoms with Gasteiger partial charge < -0.3 is 15.2 Å². The Morgan fingerprint density at radius 3 is 2.38 bits per heavy atom. The molecular weight excluding hydrogens is 290 g/mol. The van der Waals surface area contributed by atoms with Gasteiger partial charge in [-0.3, -0.25) is 0 Å². The van der Waals surface area contributed by atoms with Crippen LogP contribution in [0.1, 0.15) is 53.9 Å². The SMILES string of the molecule is CCCC(C)CSCCC(NC(=O)OC(C)(C)C)C(=O)O. The molecule has 2 atom stereocenters. The molecular formula is C15H29NO4S. The van der Waals surface area contributed by atoms with Crippen LogP contribution in [0.2, 0.25) is 0 Å². The Bertz CT molecular complexity index is 328. The number of carboxylic acid groups (broad SMARTS) is 1. The van der Waals surface area contributed by atoms with Gasteiger partial charge in [0.05, 0.1) is 0 Å². The van der Waals surface area contributed by atoms with E-state index in [1.165, 1.54) is 12.8 Å². The molecule has 0 bridgehead atoms. The number of alkyl carbamates (subject to hydrolysis) is 1. The molecule has 0 aliphatic rings. The molecule has 0 fully saturated rings. The van der Waals surface area contributed by atoms with Gasteiger partial charge in [-0.2, -0.15) is 11.8 Å². The molecule has 0 saturated carbocycles. The highest BCUT2D eigenvalue weighted by molar-refractivity contribution is 7.99. The minimum atomic E-state index is -1.02. The molecule has 0 radical (unpaired) electrons. The normalized spacial score (nSPS) is 14.3. The van der Waals surface area contributed by atoms with Gasteiger partial charge in [0.15, 0.2) is 0 Å². The molecule has 0 aliphatic heterocycles. The average molecular weight is 319 g/mol. The van der Waals surface area contributed by atoms with E-state index in [2.05, 4.69) is 19.2 Å². The number of nitrogens with one attached hydrogen (secondary N) is 1. The van der Waals surface area contributed by atoms with Crippen molar-refractivity contribution in [2.45, 2.75) is 65.5 Å². The molecule has 1 amide bonds. The lowest BCUT2D eigenvalue weighted by Gasteiger charge is -2.22. The molecule has 0 saturated heterocycles. The lowest BCUT2D eigenvalue weighted by atomic mass is 10.1. The highest BCUT2D eigenvalue weighted by Gasteiger charge is 2.23. The van der Waals surface area contributed by atoms with Crippen molar-refractivity contribution in [2.24, 2.45) is 5.92 Å². The van der Waals surface area contributed by atoms with Crippen molar-refractivity contribution >= 4 is 23.8 Å². The predicted octanol–water partition coefficient (Wildman–Crippen LogP) is 3.52. The van der Waals surface area contributed by atoms with Crippen LogP contribution in [0.3, 0.4) is 0 Å². The van der Waals surface area contributed by atoms with E-state index in [1.807, 2.05) is 0 Å². The Balaban J connectivity index is 4.09. The quantitative estimate of drug-likeness (QED) is 0.636. The van der Waals surface area contributed by atoms with Crippen molar-refractivity contribution < 1.29 is 19.4 Å². The highest BCUT2D eigenvalue weighted by Crippen LogP contribution is 2.15. The van der Waals surface area contributed by atoms with Crippen LogP contribution in [0.4, 0.5) is 4.79 Å². The van der Waals surface area contributed by atoms with Gasteiger partial charge in [0.1, 0.15) is 11.6 Å². The molecule has 5 nitrogen and oxygen atoms in total. The minimum Gasteiger partial charge on any atom is -0.480 e. The molecule has 124 valence electrons. The standard InChI is InChI=1S/C15H29NO4S/c1-6-7-11(2)10-21-9-8-12(13(17)18)16-14(19)20-15(3,4)5/h11-12H,6-10H2,1-5H3,(H,16,19)(H,17,18). The molecule has 0 rings (SSSR count). The van der Waals surface area contributed by atoms with E-state index in [0.717, 1.165) is 5.75 Å². The maximum absolute atomic E-state index is 11.6. The van der Waals surface area contributed by atoms with Crippen molar-refractivity contribution in [1.82, 2.24) is 5.32 Å². The fourth-order valence-electron chi connectivity index (χ4n) is 1.77. The van der Waals surface area contributed by atoms with Gasteiger partial charge in [-0.1, -0.05) is 26.7 Å². The first-order chi connectivity index (χ1) is 9.65. The Kier molecular flexibility index (Phi) is 9.49. The second kappa shape index (κ2) is 9.92. The van der Waals surface area contributed by atoms with Crippen molar-refractivity contribution in [3.8, 4) is 0 Å². The zero-order valence-electron chi connectivity index (χ0n) is 13.8. The number of aliphatic carboxylic acids is 1. The van der Waals surface area contributed by atoms with E-state index >= 15 is 0 Å². The fourth-order valence-corrected chi connectivity index (χ4v) is 2.91. The predicted molar refractivity (Wildman–Crippen MR) is 86.8 cm³/mol. The number of rotatable bonds is 9. The Hall–Kier alpha value is -0.910. The number of carbonyl (C=O) groups is 2. The molecule has 0 heterocycles. The van der Waals surface area contributed by atoms with Crippen LogP contribution in [-0.4, -0.2) is 40.3 Å². The lowest BCUT2D eigenvalue weighted by molar-refractivity contribution is -0.139. The molecule has 2 unspecified atom stereocenters. The largest absolute Gasteiger partial charge is 0.480 e. The third-order valence-electron chi connectivity index (χ3n) is 2.72. The van der Waals surface area contributed by atoms with Crippen LogP contribution < -0.4 is 5.32 Å². The van der Waals surface area contributed by atoms with Crippen molar-refractivity contribution in [3.63, 3.8) is 0 Å². The molecule has 0 spiro atoms. The number of thioether (sulfide) groups is 1. The summed E-state index contributed by atoms with van der Waals surface area (Å²) in [6, 6.07) is -0.895. The van der Waals surface area contributed by atoms with Gasteiger partial charge >= 0.3 is 12.1 Å². The fraction of sp³-hybridized carbons (Fsp3) is 0.867. The average Bonchev–Trinajstić information content (AvgIpc) is 2.30. The van der Waals surface area contributed by atoms with Crippen molar-refractivity contribution in [1.29, 1.82) is 0 Å². The van der Waals surface area contributed by atoms with E-state index < -0.39 is 23.7 Å². The topological polar surface area (TPSA) is 75.6 Å². The van der Waals surface area contributed by atoms with Crippen LogP contribution in [-0.2, 0) is 9.53 Å². The van der Waals surface area contributed by atoms with E-state index in [9.17, 15) is 9.59 Å². The summed E-state index contributed by atoms with van der Waals surface area (Å²) in [5, 5.41) is 11.5. The first kappa shape index (κ1) is 20.1. The third-order valence-corrected chi connectivity index (χ3v) is 4.05. The Morgan fingerprint density at radius 2 is 1.90 bits per heavy atom. The summed E-state index contributed by atoms with van der Waals surface area (Å²) >= 11 is 1.73. The van der Waals surface area contributed by atoms with Crippen LogP contribution in [0.15, 0.2) is 0 Å². The minimum absolute atomic E-state index is 0.401. The molecule has 0 aromatic carbocycles. The summed E-state index contributed by atoms with van der Waals surface area (Å²) in [7, 11) is 0. The van der Waals surface area contributed by atoms with E-state index in [4.69, 9.17) is 9.84 Å². The number of carbonyl (C=O) groups excluding carboxylic acids is 1. The zero-order chi connectivity index (χ0) is 16.5. The molecule has 6 heteroatoms. The third kappa shape index (κ3) is 11.4. The van der Waals surface area contributed by atoms with Crippen LogP contribution in [0, 0.1) is 5.92 Å². The first-order valence-electron chi connectivity index (χ1n) is 7.45. The molecule has 0 aliphatic carbocycles. The van der Waals surface area contributed by atoms with Gasteiger partial charge in [0.2, 0.25) is 0 Å². The van der Waals surface area contributed by atoms with Gasteiger partial charge in [0.25, 0.3) is 0 Å². The monoisotopic (exact) mass is 319 g/mol. The molecule has 0 aromatic heterocycles. The van der Waals surface area contributed by atoms with E-state index in [1.54, 1.807) is 32.5 Å². The summed E-state index contributed by atoms with van der Waals surface area (Å²) in [6.45, 7) is 9.59. The summed E-state index contributed by atoms with van der Waals surface area (Å²) in [4.78, 5) is 22.7. The lowest BCUT2D eigenvalue weighted by Crippen LogP contribution is -2.43. The molecule has 21 heavy (non-hydrogen) atoms.